The number of rotatable bonds is 3. The van der Waals surface area contributed by atoms with Crippen LogP contribution < -0.4 is 0 Å². The van der Waals surface area contributed by atoms with Gasteiger partial charge in [0.25, 0.3) is 0 Å². The van der Waals surface area contributed by atoms with E-state index in [-0.39, 0.29) is 10.8 Å². The molecule has 0 fully saturated rings. The maximum absolute atomic E-state index is 13.3. The molecule has 1 rings (SSSR count). The third kappa shape index (κ3) is 3.63. The standard InChI is InChI=1S/C9H9Cl2FO2S/c1-2-7-3-6(5-15(11,13)14)4-8(10)9(7)12/h3-4H,2,5H2,1H3. The smallest absolute Gasteiger partial charge is 0.212 e. The van der Waals surface area contributed by atoms with Crippen LogP contribution in [0.3, 0.4) is 0 Å². The van der Waals surface area contributed by atoms with Gasteiger partial charge in [-0.25, -0.2) is 12.8 Å². The van der Waals surface area contributed by atoms with Crippen molar-refractivity contribution in [3.05, 3.63) is 34.1 Å². The highest BCUT2D eigenvalue weighted by Gasteiger charge is 2.12. The van der Waals surface area contributed by atoms with Gasteiger partial charge in [0.15, 0.2) is 0 Å². The Hall–Kier alpha value is -0.320. The van der Waals surface area contributed by atoms with Crippen LogP contribution in [0.5, 0.6) is 0 Å². The lowest BCUT2D eigenvalue weighted by atomic mass is 10.1. The van der Waals surface area contributed by atoms with Gasteiger partial charge in [-0.05, 0) is 23.6 Å². The maximum atomic E-state index is 13.3. The van der Waals surface area contributed by atoms with Gasteiger partial charge in [0, 0.05) is 10.7 Å². The Balaban J connectivity index is 3.17. The van der Waals surface area contributed by atoms with Crippen LogP contribution in [0, 0.1) is 5.82 Å². The molecule has 0 N–H and O–H groups in total. The zero-order chi connectivity index (χ0) is 11.6. The first kappa shape index (κ1) is 12.7. The van der Waals surface area contributed by atoms with E-state index >= 15 is 0 Å². The van der Waals surface area contributed by atoms with Gasteiger partial charge in [0.05, 0.1) is 10.8 Å². The number of hydrogen-bond donors (Lipinski definition) is 0. The zero-order valence-electron chi connectivity index (χ0n) is 7.93. The summed E-state index contributed by atoms with van der Waals surface area (Å²) in [4.78, 5) is 0. The summed E-state index contributed by atoms with van der Waals surface area (Å²) < 4.78 is 35.0. The van der Waals surface area contributed by atoms with Gasteiger partial charge in [-0.2, -0.15) is 0 Å². The van der Waals surface area contributed by atoms with Crippen LogP contribution in [0.1, 0.15) is 18.1 Å². The highest BCUT2D eigenvalue weighted by molar-refractivity contribution is 8.13. The summed E-state index contributed by atoms with van der Waals surface area (Å²) >= 11 is 5.61. The molecule has 15 heavy (non-hydrogen) atoms. The second-order valence-electron chi connectivity index (χ2n) is 3.09. The topological polar surface area (TPSA) is 34.1 Å². The zero-order valence-corrected chi connectivity index (χ0v) is 10.3. The lowest BCUT2D eigenvalue weighted by molar-refractivity contribution is 0.606. The largest absolute Gasteiger partial charge is 0.236 e. The van der Waals surface area contributed by atoms with Crippen LogP contribution in [0.25, 0.3) is 0 Å². The number of aryl methyl sites for hydroxylation is 1. The van der Waals surface area contributed by atoms with Gasteiger partial charge >= 0.3 is 0 Å². The van der Waals surface area contributed by atoms with Crippen molar-refractivity contribution in [3.63, 3.8) is 0 Å². The predicted molar refractivity (Wildman–Crippen MR) is 59.3 cm³/mol. The SMILES string of the molecule is CCc1cc(CS(=O)(=O)Cl)cc(Cl)c1F. The monoisotopic (exact) mass is 270 g/mol. The van der Waals surface area contributed by atoms with Crippen molar-refractivity contribution in [1.82, 2.24) is 0 Å². The molecule has 0 spiro atoms. The summed E-state index contributed by atoms with van der Waals surface area (Å²) in [6.45, 7) is 1.76. The number of hydrogen-bond acceptors (Lipinski definition) is 2. The molecule has 0 aliphatic heterocycles. The Bertz CT molecular complexity index is 471. The molecule has 0 unspecified atom stereocenters. The first-order valence-electron chi connectivity index (χ1n) is 4.22. The molecule has 2 nitrogen and oxygen atoms in total. The minimum absolute atomic E-state index is 0.0790. The third-order valence-electron chi connectivity index (χ3n) is 1.88. The van der Waals surface area contributed by atoms with Crippen LogP contribution >= 0.6 is 22.3 Å². The summed E-state index contributed by atoms with van der Waals surface area (Å²) in [6.07, 6.45) is 0.446. The normalized spacial score (nSPS) is 11.7. The van der Waals surface area contributed by atoms with Crippen molar-refractivity contribution < 1.29 is 12.8 Å². The van der Waals surface area contributed by atoms with E-state index in [4.69, 9.17) is 22.3 Å². The van der Waals surface area contributed by atoms with E-state index in [1.165, 1.54) is 12.1 Å². The summed E-state index contributed by atoms with van der Waals surface area (Å²) in [5.41, 5.74) is 0.783. The van der Waals surface area contributed by atoms with E-state index in [1.54, 1.807) is 6.92 Å². The second-order valence-corrected chi connectivity index (χ2v) is 6.27. The molecule has 0 radical (unpaired) electrons. The van der Waals surface area contributed by atoms with Gasteiger partial charge in [0.2, 0.25) is 9.05 Å². The molecule has 0 saturated heterocycles. The molecular formula is C9H9Cl2FO2S. The molecule has 0 heterocycles. The van der Waals surface area contributed by atoms with Crippen LogP contribution in [0.15, 0.2) is 12.1 Å². The molecule has 0 atom stereocenters. The van der Waals surface area contributed by atoms with Crippen molar-refractivity contribution in [1.29, 1.82) is 0 Å². The van der Waals surface area contributed by atoms with Crippen LogP contribution in [0.2, 0.25) is 5.02 Å². The van der Waals surface area contributed by atoms with Crippen LogP contribution in [-0.4, -0.2) is 8.42 Å². The molecule has 1 aromatic rings. The summed E-state index contributed by atoms with van der Waals surface area (Å²) in [7, 11) is 1.45. The Labute approximate surface area is 97.4 Å². The highest BCUT2D eigenvalue weighted by atomic mass is 35.7. The highest BCUT2D eigenvalue weighted by Crippen LogP contribution is 2.23. The molecule has 84 valence electrons. The molecule has 0 amide bonds. The fraction of sp³-hybridized carbons (Fsp3) is 0.333. The number of halogens is 3. The van der Waals surface area contributed by atoms with Crippen molar-refractivity contribution >= 4 is 31.3 Å². The van der Waals surface area contributed by atoms with Gasteiger partial charge in [0.1, 0.15) is 5.82 Å². The average Bonchev–Trinajstić information content (AvgIpc) is 2.08. The van der Waals surface area contributed by atoms with Crippen LogP contribution in [-0.2, 0) is 21.2 Å². The summed E-state index contributed by atoms with van der Waals surface area (Å²) in [6, 6.07) is 2.73. The molecular weight excluding hydrogens is 262 g/mol. The first-order chi connectivity index (χ1) is 6.83. The molecule has 0 bridgehead atoms. The Morgan fingerprint density at radius 3 is 2.47 bits per heavy atom. The van der Waals surface area contributed by atoms with Crippen molar-refractivity contribution in [2.75, 3.05) is 0 Å². The fourth-order valence-corrected chi connectivity index (χ4v) is 2.45. The summed E-state index contributed by atoms with van der Waals surface area (Å²) in [5, 5.41) is -0.0790. The van der Waals surface area contributed by atoms with Gasteiger partial charge in [-0.3, -0.25) is 0 Å². The van der Waals surface area contributed by atoms with E-state index in [0.29, 0.717) is 17.5 Å². The fourth-order valence-electron chi connectivity index (χ4n) is 1.25. The molecule has 0 aliphatic carbocycles. The Kier molecular flexibility index (Phi) is 3.98. The summed E-state index contributed by atoms with van der Waals surface area (Å²) in [5.74, 6) is -0.850. The maximum Gasteiger partial charge on any atom is 0.236 e. The van der Waals surface area contributed by atoms with Crippen molar-refractivity contribution in [2.24, 2.45) is 0 Å². The molecule has 0 aliphatic rings. The van der Waals surface area contributed by atoms with Crippen molar-refractivity contribution in [2.45, 2.75) is 19.1 Å². The van der Waals surface area contributed by atoms with E-state index in [9.17, 15) is 12.8 Å². The van der Waals surface area contributed by atoms with Gasteiger partial charge in [-0.1, -0.05) is 24.6 Å². The lowest BCUT2D eigenvalue weighted by Crippen LogP contribution is -1.98. The molecule has 0 saturated carbocycles. The first-order valence-corrected chi connectivity index (χ1v) is 7.08. The Morgan fingerprint density at radius 2 is 2.00 bits per heavy atom. The molecule has 1 aromatic carbocycles. The minimum atomic E-state index is -3.64. The lowest BCUT2D eigenvalue weighted by Gasteiger charge is -2.05. The number of benzene rings is 1. The quantitative estimate of drug-likeness (QED) is 0.791. The average molecular weight is 271 g/mol. The predicted octanol–water partition coefficient (Wildman–Crippen LogP) is 3.11. The van der Waals surface area contributed by atoms with Crippen molar-refractivity contribution in [3.8, 4) is 0 Å². The van der Waals surface area contributed by atoms with E-state index in [1.807, 2.05) is 0 Å². The Morgan fingerprint density at radius 1 is 1.40 bits per heavy atom. The van der Waals surface area contributed by atoms with E-state index < -0.39 is 14.9 Å². The second kappa shape index (κ2) is 4.68. The molecule has 0 aromatic heterocycles. The molecule has 6 heteroatoms. The van der Waals surface area contributed by atoms with E-state index in [2.05, 4.69) is 0 Å². The van der Waals surface area contributed by atoms with Gasteiger partial charge < -0.3 is 0 Å². The third-order valence-corrected chi connectivity index (χ3v) is 3.16. The van der Waals surface area contributed by atoms with Gasteiger partial charge in [-0.15, -0.1) is 0 Å². The van der Waals surface area contributed by atoms with E-state index in [0.717, 1.165) is 0 Å². The van der Waals surface area contributed by atoms with Crippen LogP contribution in [0.4, 0.5) is 4.39 Å². The minimum Gasteiger partial charge on any atom is -0.212 e.